The average Bonchev–Trinajstić information content (AvgIpc) is 2.80. The second-order valence-corrected chi connectivity index (χ2v) is 11.6. The zero-order chi connectivity index (χ0) is 27.5. The summed E-state index contributed by atoms with van der Waals surface area (Å²) in [7, 11) is 1.63. The number of likely N-dealkylation sites (tertiary alicyclic amines) is 1. The zero-order valence-corrected chi connectivity index (χ0v) is 23.6. The van der Waals surface area contributed by atoms with Gasteiger partial charge in [0.05, 0.1) is 11.7 Å². The maximum Gasteiger partial charge on any atom is 0.410 e. The van der Waals surface area contributed by atoms with Crippen molar-refractivity contribution in [2.24, 2.45) is 0 Å². The van der Waals surface area contributed by atoms with Gasteiger partial charge in [-0.3, -0.25) is 9.59 Å². The fourth-order valence-electron chi connectivity index (χ4n) is 4.93. The van der Waals surface area contributed by atoms with Gasteiger partial charge in [-0.1, -0.05) is 0 Å². The molecule has 2 aliphatic rings. The van der Waals surface area contributed by atoms with Crippen molar-refractivity contribution in [3.05, 3.63) is 23.8 Å². The SMILES string of the molecule is COCCCN1C(=O)C(C)(C)Oc2ccc(C(=O)N(C(C)C)[C@@H]3CCCN(C(=O)OC(C)(C)C)C3)cc21. The molecule has 0 aromatic heterocycles. The van der Waals surface area contributed by atoms with E-state index in [0.29, 0.717) is 49.7 Å². The van der Waals surface area contributed by atoms with Gasteiger partial charge in [-0.25, -0.2) is 4.79 Å². The van der Waals surface area contributed by atoms with Gasteiger partial charge in [0.1, 0.15) is 11.4 Å². The first-order valence-corrected chi connectivity index (χ1v) is 13.2. The number of carbonyl (C=O) groups is 3. The molecule has 0 saturated carbocycles. The lowest BCUT2D eigenvalue weighted by Crippen LogP contribution is -2.54. The van der Waals surface area contributed by atoms with Crippen LogP contribution in [0.5, 0.6) is 5.75 Å². The van der Waals surface area contributed by atoms with E-state index in [4.69, 9.17) is 14.2 Å². The van der Waals surface area contributed by atoms with E-state index in [2.05, 4.69) is 0 Å². The average molecular weight is 518 g/mol. The number of rotatable bonds is 7. The first-order valence-electron chi connectivity index (χ1n) is 13.2. The van der Waals surface area contributed by atoms with E-state index in [-0.39, 0.29) is 30.0 Å². The van der Waals surface area contributed by atoms with E-state index in [0.717, 1.165) is 12.8 Å². The van der Waals surface area contributed by atoms with Crippen molar-refractivity contribution in [2.45, 2.75) is 91.0 Å². The number of nitrogens with zero attached hydrogens (tertiary/aromatic N) is 3. The highest BCUT2D eigenvalue weighted by atomic mass is 16.6. The number of anilines is 1. The van der Waals surface area contributed by atoms with Crippen LogP contribution in [0.1, 0.15) is 78.1 Å². The lowest BCUT2D eigenvalue weighted by molar-refractivity contribution is -0.132. The van der Waals surface area contributed by atoms with Crippen LogP contribution in [0.4, 0.5) is 10.5 Å². The molecule has 3 amide bonds. The first-order chi connectivity index (χ1) is 17.2. The molecular formula is C28H43N3O6. The van der Waals surface area contributed by atoms with Gasteiger partial charge < -0.3 is 28.9 Å². The van der Waals surface area contributed by atoms with Gasteiger partial charge in [0.25, 0.3) is 11.8 Å². The molecule has 2 heterocycles. The minimum Gasteiger partial charge on any atom is -0.476 e. The summed E-state index contributed by atoms with van der Waals surface area (Å²) < 4.78 is 16.8. The second kappa shape index (κ2) is 11.3. The molecule has 37 heavy (non-hydrogen) atoms. The Morgan fingerprint density at radius 1 is 1.24 bits per heavy atom. The number of carbonyl (C=O) groups excluding carboxylic acids is 3. The third kappa shape index (κ3) is 6.74. The second-order valence-electron chi connectivity index (χ2n) is 11.6. The van der Waals surface area contributed by atoms with Crippen molar-refractivity contribution in [2.75, 3.05) is 38.3 Å². The highest BCUT2D eigenvalue weighted by Crippen LogP contribution is 2.39. The molecule has 2 aliphatic heterocycles. The van der Waals surface area contributed by atoms with Crippen LogP contribution in [0.25, 0.3) is 0 Å². The minimum atomic E-state index is -0.997. The Morgan fingerprint density at radius 2 is 1.95 bits per heavy atom. The smallest absolute Gasteiger partial charge is 0.410 e. The number of hydrogen-bond donors (Lipinski definition) is 0. The van der Waals surface area contributed by atoms with Crippen molar-refractivity contribution >= 4 is 23.6 Å². The lowest BCUT2D eigenvalue weighted by atomic mass is 9.99. The van der Waals surface area contributed by atoms with Crippen LogP contribution in [-0.2, 0) is 14.3 Å². The molecule has 206 valence electrons. The molecule has 9 nitrogen and oxygen atoms in total. The van der Waals surface area contributed by atoms with Crippen molar-refractivity contribution in [1.82, 2.24) is 9.80 Å². The van der Waals surface area contributed by atoms with Crippen LogP contribution >= 0.6 is 0 Å². The molecule has 0 bridgehead atoms. The highest BCUT2D eigenvalue weighted by Gasteiger charge is 2.41. The molecule has 0 aliphatic carbocycles. The molecule has 0 spiro atoms. The Balaban J connectivity index is 1.87. The van der Waals surface area contributed by atoms with Gasteiger partial charge in [-0.05, 0) is 85.9 Å². The fourth-order valence-corrected chi connectivity index (χ4v) is 4.93. The number of ether oxygens (including phenoxy) is 3. The Hall–Kier alpha value is -2.81. The number of fused-ring (bicyclic) bond motifs is 1. The van der Waals surface area contributed by atoms with Gasteiger partial charge in [0, 0.05) is 45.0 Å². The Bertz CT molecular complexity index is 1000. The van der Waals surface area contributed by atoms with Crippen molar-refractivity contribution in [3.63, 3.8) is 0 Å². The maximum absolute atomic E-state index is 13.9. The summed E-state index contributed by atoms with van der Waals surface area (Å²) in [6, 6.07) is 5.05. The van der Waals surface area contributed by atoms with E-state index in [1.54, 1.807) is 49.0 Å². The van der Waals surface area contributed by atoms with Crippen molar-refractivity contribution in [3.8, 4) is 5.75 Å². The highest BCUT2D eigenvalue weighted by molar-refractivity contribution is 6.04. The molecule has 3 rings (SSSR count). The summed E-state index contributed by atoms with van der Waals surface area (Å²) in [6.07, 6.45) is 1.89. The predicted molar refractivity (Wildman–Crippen MR) is 142 cm³/mol. The summed E-state index contributed by atoms with van der Waals surface area (Å²) in [6.45, 7) is 15.0. The van der Waals surface area contributed by atoms with E-state index in [9.17, 15) is 14.4 Å². The first kappa shape index (κ1) is 28.8. The van der Waals surface area contributed by atoms with Crippen LogP contribution in [0.15, 0.2) is 18.2 Å². The number of hydrogen-bond acceptors (Lipinski definition) is 6. The Kier molecular flexibility index (Phi) is 8.78. The summed E-state index contributed by atoms with van der Waals surface area (Å²) in [5, 5.41) is 0. The summed E-state index contributed by atoms with van der Waals surface area (Å²) >= 11 is 0. The molecule has 1 aromatic carbocycles. The standard InChI is InChI=1S/C28H43N3O6/c1-19(2)31(21-11-9-14-29(18-21)26(34)37-27(3,4)5)24(32)20-12-13-23-22(17-20)30(15-10-16-35-8)25(33)28(6,7)36-23/h12-13,17,19,21H,9-11,14-16,18H2,1-8H3/t21-/m1/s1. The number of amides is 3. The Morgan fingerprint density at radius 3 is 2.57 bits per heavy atom. The minimum absolute atomic E-state index is 0.0817. The van der Waals surface area contributed by atoms with Gasteiger partial charge in [-0.2, -0.15) is 0 Å². The fraction of sp³-hybridized carbons (Fsp3) is 0.679. The van der Waals surface area contributed by atoms with Crippen LogP contribution < -0.4 is 9.64 Å². The summed E-state index contributed by atoms with van der Waals surface area (Å²) in [5.41, 5.74) is -0.504. The van der Waals surface area contributed by atoms with Crippen molar-refractivity contribution < 1.29 is 28.6 Å². The normalized spacial score (nSPS) is 19.4. The van der Waals surface area contributed by atoms with Gasteiger partial charge in [-0.15, -0.1) is 0 Å². The quantitative estimate of drug-likeness (QED) is 0.496. The van der Waals surface area contributed by atoms with Gasteiger partial charge in [0.2, 0.25) is 0 Å². The molecule has 1 saturated heterocycles. The monoisotopic (exact) mass is 517 g/mol. The van der Waals surface area contributed by atoms with Crippen LogP contribution in [0.2, 0.25) is 0 Å². The third-order valence-electron chi connectivity index (χ3n) is 6.58. The van der Waals surface area contributed by atoms with E-state index >= 15 is 0 Å². The molecular weight excluding hydrogens is 474 g/mol. The lowest BCUT2D eigenvalue weighted by Gasteiger charge is -2.42. The molecule has 1 atom stereocenters. The molecule has 9 heteroatoms. The summed E-state index contributed by atoms with van der Waals surface area (Å²) in [5.74, 6) is 0.285. The van der Waals surface area contributed by atoms with E-state index < -0.39 is 11.2 Å². The number of methoxy groups -OCH3 is 1. The van der Waals surface area contributed by atoms with E-state index in [1.807, 2.05) is 39.5 Å². The Labute approximate surface area is 221 Å². The zero-order valence-electron chi connectivity index (χ0n) is 23.6. The van der Waals surface area contributed by atoms with Gasteiger partial charge >= 0.3 is 6.09 Å². The number of piperidine rings is 1. The predicted octanol–water partition coefficient (Wildman–Crippen LogP) is 4.48. The van der Waals surface area contributed by atoms with Crippen molar-refractivity contribution in [1.29, 1.82) is 0 Å². The topological polar surface area (TPSA) is 88.6 Å². The third-order valence-corrected chi connectivity index (χ3v) is 6.58. The largest absolute Gasteiger partial charge is 0.476 e. The molecule has 0 radical (unpaired) electrons. The molecule has 0 N–H and O–H groups in total. The maximum atomic E-state index is 13.9. The van der Waals surface area contributed by atoms with Crippen LogP contribution in [-0.4, -0.2) is 84.3 Å². The molecule has 0 unspecified atom stereocenters. The summed E-state index contributed by atoms with van der Waals surface area (Å²) in [4.78, 5) is 45.0. The molecule has 1 fully saturated rings. The van der Waals surface area contributed by atoms with Gasteiger partial charge in [0.15, 0.2) is 5.60 Å². The molecule has 1 aromatic rings. The van der Waals surface area contributed by atoms with E-state index in [1.165, 1.54) is 0 Å². The van der Waals surface area contributed by atoms with Crippen LogP contribution in [0.3, 0.4) is 0 Å². The number of benzene rings is 1. The van der Waals surface area contributed by atoms with Crippen LogP contribution in [0, 0.1) is 0 Å².